The first-order valence-corrected chi connectivity index (χ1v) is 5.62. The summed E-state index contributed by atoms with van der Waals surface area (Å²) in [7, 11) is -9.18. The van der Waals surface area contributed by atoms with Gasteiger partial charge in [-0.05, 0) is 0 Å². The minimum Gasteiger partial charge on any atom is -0.343 e. The molecule has 0 radical (unpaired) electrons. The molecule has 1 fully saturated rings. The van der Waals surface area contributed by atoms with E-state index >= 15 is 0 Å². The highest BCUT2D eigenvalue weighted by molar-refractivity contribution is 7.61. The van der Waals surface area contributed by atoms with Gasteiger partial charge in [0.1, 0.15) is 0 Å². The molecule has 12 heavy (non-hydrogen) atoms. The van der Waals surface area contributed by atoms with E-state index in [-0.39, 0.29) is 0 Å². The maximum Gasteiger partial charge on any atom is 0.492 e. The molecule has 8 nitrogen and oxygen atoms in total. The summed E-state index contributed by atoms with van der Waals surface area (Å²) in [5, 5.41) is 8.70. The number of hydrogen-bond acceptors (Lipinski definition) is 6. The zero-order valence-electron chi connectivity index (χ0n) is 5.78. The van der Waals surface area contributed by atoms with Crippen LogP contribution in [0.25, 0.3) is 0 Å². The zero-order chi connectivity index (χ0) is 9.62. The first-order valence-electron chi connectivity index (χ1n) is 2.63. The lowest BCUT2D eigenvalue weighted by Gasteiger charge is -2.37. The second-order valence-electron chi connectivity index (χ2n) is 2.10. The summed E-state index contributed by atoms with van der Waals surface area (Å²) in [6.45, 7) is 0.992. The SMILES string of the molecule is CC1(O)OP(=O)(OP(=O)(O)O)O1. The number of hydrogen-bond donors (Lipinski definition) is 3. The minimum atomic E-state index is -4.93. The van der Waals surface area contributed by atoms with Gasteiger partial charge >= 0.3 is 15.6 Å². The molecule has 1 aliphatic heterocycles. The van der Waals surface area contributed by atoms with Gasteiger partial charge in [0.15, 0.2) is 0 Å². The summed E-state index contributed by atoms with van der Waals surface area (Å²) in [6, 6.07) is 0. The Morgan fingerprint density at radius 1 is 1.50 bits per heavy atom. The topological polar surface area (TPSA) is 123 Å². The Hall–Kier alpha value is 0.220. The molecule has 0 spiro atoms. The van der Waals surface area contributed by atoms with Crippen molar-refractivity contribution in [2.75, 3.05) is 0 Å². The fourth-order valence-corrected chi connectivity index (χ4v) is 2.74. The third-order valence-corrected chi connectivity index (χ3v) is 3.54. The molecule has 0 amide bonds. The van der Waals surface area contributed by atoms with E-state index in [1.54, 1.807) is 0 Å². The van der Waals surface area contributed by atoms with Gasteiger partial charge < -0.3 is 14.9 Å². The first-order chi connectivity index (χ1) is 5.12. The van der Waals surface area contributed by atoms with E-state index < -0.39 is 21.6 Å². The molecule has 1 aliphatic rings. The molecule has 1 rings (SSSR count). The Balaban J connectivity index is 2.58. The average molecular weight is 220 g/mol. The van der Waals surface area contributed by atoms with Gasteiger partial charge in [-0.3, -0.25) is 0 Å². The normalized spacial score (nSPS) is 42.3. The number of aliphatic hydroxyl groups is 1. The lowest BCUT2D eigenvalue weighted by Crippen LogP contribution is -2.39. The Morgan fingerprint density at radius 2 is 1.92 bits per heavy atom. The lowest BCUT2D eigenvalue weighted by molar-refractivity contribution is -0.331. The Morgan fingerprint density at radius 3 is 2.17 bits per heavy atom. The quantitative estimate of drug-likeness (QED) is 0.552. The molecule has 72 valence electrons. The van der Waals surface area contributed by atoms with Crippen molar-refractivity contribution in [1.82, 2.24) is 0 Å². The van der Waals surface area contributed by atoms with Crippen LogP contribution in [0.15, 0.2) is 0 Å². The van der Waals surface area contributed by atoms with Crippen molar-refractivity contribution in [3.63, 3.8) is 0 Å². The van der Waals surface area contributed by atoms with Crippen LogP contribution in [0.4, 0.5) is 0 Å². The van der Waals surface area contributed by atoms with Crippen LogP contribution in [-0.4, -0.2) is 20.9 Å². The third kappa shape index (κ3) is 2.62. The van der Waals surface area contributed by atoms with Crippen molar-refractivity contribution < 1.29 is 37.4 Å². The van der Waals surface area contributed by atoms with Crippen molar-refractivity contribution in [1.29, 1.82) is 0 Å². The fourth-order valence-electron chi connectivity index (χ4n) is 0.585. The Kier molecular flexibility index (Phi) is 2.23. The van der Waals surface area contributed by atoms with Crippen LogP contribution >= 0.6 is 15.6 Å². The maximum atomic E-state index is 10.8. The van der Waals surface area contributed by atoms with Gasteiger partial charge in [-0.15, -0.1) is 0 Å². The van der Waals surface area contributed by atoms with E-state index in [1.807, 2.05) is 0 Å². The highest BCUT2D eigenvalue weighted by Gasteiger charge is 2.56. The average Bonchev–Trinajstić information content (AvgIpc) is 1.48. The van der Waals surface area contributed by atoms with Crippen molar-refractivity contribution in [2.24, 2.45) is 0 Å². The van der Waals surface area contributed by atoms with Gasteiger partial charge in [0, 0.05) is 6.92 Å². The molecule has 10 heteroatoms. The Labute approximate surface area is 66.9 Å². The molecule has 0 aromatic carbocycles. The molecular formula is C2H6O8P2. The molecule has 3 N–H and O–H groups in total. The van der Waals surface area contributed by atoms with Crippen LogP contribution in [0.5, 0.6) is 0 Å². The lowest BCUT2D eigenvalue weighted by atomic mass is 10.7. The number of phosphoric ester groups is 1. The zero-order valence-corrected chi connectivity index (χ0v) is 7.57. The van der Waals surface area contributed by atoms with Crippen molar-refractivity contribution in [3.8, 4) is 0 Å². The van der Waals surface area contributed by atoms with Crippen LogP contribution in [0, 0.1) is 0 Å². The number of rotatable bonds is 2. The minimum absolute atomic E-state index is 0.992. The van der Waals surface area contributed by atoms with Gasteiger partial charge in [0.25, 0.3) is 5.97 Å². The highest BCUT2D eigenvalue weighted by atomic mass is 31.3. The smallest absolute Gasteiger partial charge is 0.343 e. The summed E-state index contributed by atoms with van der Waals surface area (Å²) in [5.41, 5.74) is 0. The molecule has 0 saturated carbocycles. The maximum absolute atomic E-state index is 10.8. The first kappa shape index (κ1) is 10.3. The van der Waals surface area contributed by atoms with Crippen LogP contribution in [0.2, 0.25) is 0 Å². The van der Waals surface area contributed by atoms with Crippen molar-refractivity contribution >= 4 is 15.6 Å². The summed E-state index contributed by atoms with van der Waals surface area (Å²) >= 11 is 0. The van der Waals surface area contributed by atoms with Crippen LogP contribution in [0.1, 0.15) is 6.92 Å². The van der Waals surface area contributed by atoms with E-state index in [9.17, 15) is 9.13 Å². The Bertz CT molecular complexity index is 263. The molecular weight excluding hydrogens is 214 g/mol. The molecule has 0 aliphatic carbocycles. The monoisotopic (exact) mass is 220 g/mol. The summed E-state index contributed by atoms with van der Waals surface area (Å²) in [4.78, 5) is 16.3. The van der Waals surface area contributed by atoms with Crippen LogP contribution in [0.3, 0.4) is 0 Å². The van der Waals surface area contributed by atoms with E-state index in [0.717, 1.165) is 6.92 Å². The predicted molar refractivity (Wildman–Crippen MR) is 33.5 cm³/mol. The fraction of sp³-hybridized carbons (Fsp3) is 1.00. The molecule has 0 aromatic heterocycles. The number of phosphoric acid groups is 2. The van der Waals surface area contributed by atoms with E-state index in [1.165, 1.54) is 0 Å². The predicted octanol–water partition coefficient (Wildman–Crippen LogP) is -0.0834. The summed E-state index contributed by atoms with van der Waals surface area (Å²) in [5.74, 6) is -2.11. The standard InChI is InChI=1S/C2H6O8P2/c1-2(3)8-12(7,9-2)10-11(4,5)6/h3H,1H3,(H2,4,5,6). The van der Waals surface area contributed by atoms with E-state index in [2.05, 4.69) is 13.4 Å². The summed E-state index contributed by atoms with van der Waals surface area (Å²) in [6.07, 6.45) is 0. The largest absolute Gasteiger partial charge is 0.492 e. The van der Waals surface area contributed by atoms with Crippen LogP contribution in [-0.2, 0) is 22.5 Å². The van der Waals surface area contributed by atoms with E-state index in [0.29, 0.717) is 0 Å². The molecule has 1 heterocycles. The summed E-state index contributed by atoms with van der Waals surface area (Å²) < 4.78 is 32.6. The molecule has 0 unspecified atom stereocenters. The van der Waals surface area contributed by atoms with Crippen molar-refractivity contribution in [2.45, 2.75) is 12.9 Å². The van der Waals surface area contributed by atoms with Gasteiger partial charge in [0.05, 0.1) is 0 Å². The van der Waals surface area contributed by atoms with E-state index in [4.69, 9.17) is 14.9 Å². The van der Waals surface area contributed by atoms with Gasteiger partial charge in [0.2, 0.25) is 0 Å². The van der Waals surface area contributed by atoms with Gasteiger partial charge in [-0.25, -0.2) is 18.2 Å². The molecule has 1 saturated heterocycles. The second-order valence-corrected chi connectivity index (χ2v) is 4.99. The third-order valence-electron chi connectivity index (χ3n) is 0.769. The van der Waals surface area contributed by atoms with Crippen LogP contribution < -0.4 is 0 Å². The highest BCUT2D eigenvalue weighted by Crippen LogP contribution is 2.70. The van der Waals surface area contributed by atoms with Gasteiger partial charge in [-0.2, -0.15) is 4.31 Å². The second kappa shape index (κ2) is 2.60. The molecule has 0 aromatic rings. The van der Waals surface area contributed by atoms with Crippen molar-refractivity contribution in [3.05, 3.63) is 0 Å². The van der Waals surface area contributed by atoms with Gasteiger partial charge in [-0.1, -0.05) is 0 Å². The molecule has 0 bridgehead atoms. The molecule has 0 atom stereocenters.